The lowest BCUT2D eigenvalue weighted by molar-refractivity contribution is -0.198. The molecule has 0 bridgehead atoms. The molecule has 12 heteroatoms. The van der Waals surface area contributed by atoms with Crippen LogP contribution in [0.25, 0.3) is 15.9 Å². The normalized spacial score (nSPS) is 13.0. The van der Waals surface area contributed by atoms with Crippen LogP contribution >= 0.6 is 34.5 Å². The molecule has 0 radical (unpaired) electrons. The number of aryl methyl sites for hydroxylation is 1. The maximum atomic E-state index is 14.1. The Morgan fingerprint density at radius 2 is 1.97 bits per heavy atom. The molecule has 0 saturated heterocycles. The largest absolute Gasteiger partial charge is 0.458 e. The lowest BCUT2D eigenvalue weighted by Crippen LogP contribution is -2.28. The van der Waals surface area contributed by atoms with E-state index >= 15 is 0 Å². The highest BCUT2D eigenvalue weighted by Gasteiger charge is 2.45. The Morgan fingerprint density at radius 1 is 1.20 bits per heavy atom. The molecule has 154 valence electrons. The fourth-order valence-corrected chi connectivity index (χ4v) is 4.21. The highest BCUT2D eigenvalue weighted by atomic mass is 35.5. The maximum Gasteiger partial charge on any atom is 0.429 e. The third-order valence-corrected chi connectivity index (χ3v) is 5.78. The van der Waals surface area contributed by atoms with Crippen molar-refractivity contribution in [1.29, 1.82) is 0 Å². The average Bonchev–Trinajstić information content (AvgIpc) is 3.25. The van der Waals surface area contributed by atoms with Gasteiger partial charge in [0.05, 0.1) is 16.9 Å². The van der Waals surface area contributed by atoms with Gasteiger partial charge in [0.1, 0.15) is 12.5 Å². The fourth-order valence-electron chi connectivity index (χ4n) is 2.96. The molecule has 0 fully saturated rings. The van der Waals surface area contributed by atoms with Crippen molar-refractivity contribution in [3.8, 4) is 11.6 Å². The van der Waals surface area contributed by atoms with Gasteiger partial charge in [-0.25, -0.2) is 9.67 Å². The van der Waals surface area contributed by atoms with Gasteiger partial charge in [-0.2, -0.15) is 23.3 Å². The monoisotopic (exact) mass is 470 g/mol. The van der Waals surface area contributed by atoms with Crippen LogP contribution in [0.4, 0.5) is 13.2 Å². The van der Waals surface area contributed by atoms with E-state index in [4.69, 9.17) is 27.9 Å². The minimum absolute atomic E-state index is 0.150. The van der Waals surface area contributed by atoms with Gasteiger partial charge in [0.2, 0.25) is 17.3 Å². The van der Waals surface area contributed by atoms with Crippen molar-refractivity contribution in [2.45, 2.75) is 19.2 Å². The fraction of sp³-hybridized carbons (Fsp3) is 0.167. The first-order valence-electron chi connectivity index (χ1n) is 8.60. The van der Waals surface area contributed by atoms with E-state index in [1.165, 1.54) is 34.2 Å². The SMILES string of the molecule is Bc1csc2c(O[C@H](c3ccc(Cl)cc3-n3ccc(C)n3)C(F)(F)F)nc(Cl)nc12. The minimum atomic E-state index is -4.75. The van der Waals surface area contributed by atoms with Gasteiger partial charge in [-0.15, -0.1) is 11.3 Å². The number of hydrogen-bond acceptors (Lipinski definition) is 5. The summed E-state index contributed by atoms with van der Waals surface area (Å²) >= 11 is 13.2. The molecule has 0 aliphatic heterocycles. The number of benzene rings is 1. The van der Waals surface area contributed by atoms with Crippen molar-refractivity contribution in [3.63, 3.8) is 0 Å². The molecule has 5 nitrogen and oxygen atoms in total. The van der Waals surface area contributed by atoms with Crippen molar-refractivity contribution in [1.82, 2.24) is 19.7 Å². The van der Waals surface area contributed by atoms with Crippen molar-refractivity contribution >= 4 is 58.1 Å². The van der Waals surface area contributed by atoms with Crippen molar-refractivity contribution in [3.05, 3.63) is 57.4 Å². The highest BCUT2D eigenvalue weighted by molar-refractivity contribution is 7.18. The van der Waals surface area contributed by atoms with Crippen LogP contribution in [-0.2, 0) is 0 Å². The number of aromatic nitrogens is 4. The maximum absolute atomic E-state index is 14.1. The summed E-state index contributed by atoms with van der Waals surface area (Å²) in [6.07, 6.45) is -5.52. The number of nitrogens with zero attached hydrogens (tertiary/aromatic N) is 4. The second-order valence-corrected chi connectivity index (χ2v) is 8.19. The quantitative estimate of drug-likeness (QED) is 0.327. The molecule has 0 N–H and O–H groups in total. The number of halogens is 5. The van der Waals surface area contributed by atoms with Crippen LogP contribution in [-0.4, -0.2) is 33.8 Å². The first-order valence-corrected chi connectivity index (χ1v) is 10.2. The zero-order valence-electron chi connectivity index (χ0n) is 15.5. The Morgan fingerprint density at radius 3 is 2.63 bits per heavy atom. The van der Waals surface area contributed by atoms with E-state index in [-0.39, 0.29) is 27.4 Å². The number of rotatable bonds is 4. The zero-order chi connectivity index (χ0) is 21.6. The van der Waals surface area contributed by atoms with Crippen LogP contribution in [0.3, 0.4) is 0 Å². The Labute approximate surface area is 183 Å². The predicted molar refractivity (Wildman–Crippen MR) is 113 cm³/mol. The van der Waals surface area contributed by atoms with Gasteiger partial charge in [-0.05, 0) is 42.1 Å². The summed E-state index contributed by atoms with van der Waals surface area (Å²) in [6.45, 7) is 1.73. The Bertz CT molecular complexity index is 1240. The van der Waals surface area contributed by atoms with Gasteiger partial charge >= 0.3 is 6.18 Å². The molecule has 0 aliphatic carbocycles. The smallest absolute Gasteiger partial charge is 0.429 e. The van der Waals surface area contributed by atoms with Gasteiger partial charge in [-0.1, -0.05) is 23.1 Å². The van der Waals surface area contributed by atoms with Crippen LogP contribution in [0.2, 0.25) is 10.3 Å². The Balaban J connectivity index is 1.87. The molecule has 1 aromatic carbocycles. The standard InChI is InChI=1S/C18H12BCl2F3N4OS/c1-8-4-5-28(27-8)12-6-9(20)2-3-10(12)15(18(22,23)24)29-16-14-13(11(19)7-30-14)25-17(21)26-16/h2-7,15H,19H2,1H3/t15-/m1/s1. The van der Waals surface area contributed by atoms with Gasteiger partial charge in [-0.3, -0.25) is 0 Å². The second-order valence-electron chi connectivity index (χ2n) is 6.54. The third-order valence-electron chi connectivity index (χ3n) is 4.31. The molecule has 0 spiro atoms. The first-order chi connectivity index (χ1) is 14.1. The second kappa shape index (κ2) is 7.75. The summed E-state index contributed by atoms with van der Waals surface area (Å²) in [4.78, 5) is 8.00. The Hall–Kier alpha value is -2.30. The predicted octanol–water partition coefficient (Wildman–Crippen LogP) is 4.43. The topological polar surface area (TPSA) is 52.8 Å². The summed E-state index contributed by atoms with van der Waals surface area (Å²) in [7, 11) is 1.78. The van der Waals surface area contributed by atoms with Crippen LogP contribution in [0.1, 0.15) is 17.4 Å². The number of ether oxygens (including phenoxy) is 1. The van der Waals surface area contributed by atoms with Crippen LogP contribution in [0.5, 0.6) is 5.88 Å². The molecule has 0 saturated carbocycles. The van der Waals surface area contributed by atoms with E-state index in [1.807, 2.05) is 0 Å². The lowest BCUT2D eigenvalue weighted by atomic mass is 9.99. The molecule has 0 unspecified atom stereocenters. The molecule has 3 heterocycles. The molecule has 0 aliphatic rings. The summed E-state index contributed by atoms with van der Waals surface area (Å²) in [5.41, 5.74) is 1.86. The van der Waals surface area contributed by atoms with Gasteiger partial charge < -0.3 is 4.74 Å². The summed E-state index contributed by atoms with van der Waals surface area (Å²) in [5.74, 6) is -0.233. The molecule has 3 aromatic heterocycles. The number of fused-ring (bicyclic) bond motifs is 1. The molecular weight excluding hydrogens is 459 g/mol. The number of hydrogen-bond donors (Lipinski definition) is 0. The van der Waals surface area contributed by atoms with E-state index < -0.39 is 12.3 Å². The van der Waals surface area contributed by atoms with E-state index in [0.29, 0.717) is 15.9 Å². The number of thiophene rings is 1. The molecule has 30 heavy (non-hydrogen) atoms. The molecule has 0 amide bonds. The summed E-state index contributed by atoms with van der Waals surface area (Å²) in [5, 5.41) is 6.04. The van der Waals surface area contributed by atoms with E-state index in [2.05, 4.69) is 15.1 Å². The lowest BCUT2D eigenvalue weighted by Gasteiger charge is -2.24. The molecular formula is C18H12BCl2F3N4OS. The van der Waals surface area contributed by atoms with Crippen LogP contribution < -0.4 is 10.2 Å². The van der Waals surface area contributed by atoms with E-state index in [0.717, 1.165) is 5.46 Å². The minimum Gasteiger partial charge on any atom is -0.458 e. The zero-order valence-corrected chi connectivity index (χ0v) is 17.9. The highest BCUT2D eigenvalue weighted by Crippen LogP contribution is 2.41. The van der Waals surface area contributed by atoms with Crippen molar-refractivity contribution in [2.24, 2.45) is 0 Å². The summed E-state index contributed by atoms with van der Waals surface area (Å²) in [6, 6.07) is 5.72. The van der Waals surface area contributed by atoms with Crippen LogP contribution in [0.15, 0.2) is 35.8 Å². The Kier molecular flexibility index (Phi) is 5.42. The third kappa shape index (κ3) is 3.99. The van der Waals surface area contributed by atoms with Gasteiger partial charge in [0.25, 0.3) is 0 Å². The van der Waals surface area contributed by atoms with E-state index in [1.54, 1.807) is 32.4 Å². The van der Waals surface area contributed by atoms with E-state index in [9.17, 15) is 13.2 Å². The summed E-state index contributed by atoms with van der Waals surface area (Å²) < 4.78 is 49.6. The number of alkyl halides is 3. The molecule has 4 aromatic rings. The van der Waals surface area contributed by atoms with Crippen molar-refractivity contribution in [2.75, 3.05) is 0 Å². The average molecular weight is 471 g/mol. The van der Waals surface area contributed by atoms with Crippen molar-refractivity contribution < 1.29 is 17.9 Å². The first kappa shape index (κ1) is 21.0. The molecule has 1 atom stereocenters. The van der Waals surface area contributed by atoms with Gasteiger partial charge in [0.15, 0.2) is 0 Å². The molecule has 4 rings (SSSR count). The van der Waals surface area contributed by atoms with Gasteiger partial charge in [0, 0.05) is 16.8 Å². The van der Waals surface area contributed by atoms with Crippen LogP contribution in [0, 0.1) is 6.92 Å².